The number of nitrogens with zero attached hydrogens (tertiary/aromatic N) is 2. The molecule has 1 rings (SSSR count). The van der Waals surface area contributed by atoms with Gasteiger partial charge in [0.05, 0.1) is 6.20 Å². The van der Waals surface area contributed by atoms with Crippen molar-refractivity contribution in [1.82, 2.24) is 9.97 Å². The second kappa shape index (κ2) is 3.48. The summed E-state index contributed by atoms with van der Waals surface area (Å²) < 4.78 is 12.7. The number of hydrogen-bond acceptors (Lipinski definition) is 3. The molecule has 1 heterocycles. The van der Waals surface area contributed by atoms with Gasteiger partial charge in [0.1, 0.15) is 0 Å². The van der Waals surface area contributed by atoms with Gasteiger partial charge in [-0.05, 0) is 18.5 Å². The fraction of sp³-hybridized carbons (Fsp3) is 0.333. The normalized spacial score (nSPS) is 9.73. The van der Waals surface area contributed by atoms with Gasteiger partial charge in [0.2, 0.25) is 5.28 Å². The number of nitrogens with one attached hydrogen (secondary N) is 1. The van der Waals surface area contributed by atoms with E-state index < -0.39 is 5.82 Å². The van der Waals surface area contributed by atoms with Crippen molar-refractivity contribution in [2.24, 2.45) is 0 Å². The van der Waals surface area contributed by atoms with Crippen LogP contribution >= 0.6 is 11.6 Å². The predicted octanol–water partition coefficient (Wildman–Crippen LogP) is 1.70. The molecule has 0 amide bonds. The van der Waals surface area contributed by atoms with E-state index in [-0.39, 0.29) is 11.1 Å². The summed E-state index contributed by atoms with van der Waals surface area (Å²) in [4.78, 5) is 7.09. The van der Waals surface area contributed by atoms with E-state index in [9.17, 15) is 4.39 Å². The topological polar surface area (TPSA) is 37.8 Å². The molecule has 1 N–H and O–H groups in total. The van der Waals surface area contributed by atoms with E-state index in [2.05, 4.69) is 15.3 Å². The first-order valence-electron chi connectivity index (χ1n) is 3.16. The van der Waals surface area contributed by atoms with E-state index in [1.165, 1.54) is 0 Å². The van der Waals surface area contributed by atoms with Crippen molar-refractivity contribution in [3.05, 3.63) is 17.3 Å². The molecule has 1 aromatic rings. The summed E-state index contributed by atoms with van der Waals surface area (Å²) in [5.41, 5.74) is 0. The Hall–Kier alpha value is -0.900. The van der Waals surface area contributed by atoms with Crippen LogP contribution in [0.4, 0.5) is 10.2 Å². The van der Waals surface area contributed by atoms with Gasteiger partial charge in [-0.2, -0.15) is 4.98 Å². The molecule has 0 aliphatic rings. The fourth-order valence-electron chi connectivity index (χ4n) is 0.637. The summed E-state index contributed by atoms with van der Waals surface area (Å²) in [6, 6.07) is 0. The van der Waals surface area contributed by atoms with E-state index in [0.29, 0.717) is 6.54 Å². The monoisotopic (exact) mass is 175 g/mol. The van der Waals surface area contributed by atoms with Crippen molar-refractivity contribution >= 4 is 17.4 Å². The lowest BCUT2D eigenvalue weighted by Crippen LogP contribution is -2.02. The lowest BCUT2D eigenvalue weighted by molar-refractivity contribution is 0.617. The molecule has 0 unspecified atom stereocenters. The van der Waals surface area contributed by atoms with Crippen LogP contribution in [-0.2, 0) is 0 Å². The van der Waals surface area contributed by atoms with Crippen molar-refractivity contribution in [2.75, 3.05) is 11.9 Å². The molecule has 0 fully saturated rings. The van der Waals surface area contributed by atoms with Crippen LogP contribution in [0.25, 0.3) is 0 Å². The summed E-state index contributed by atoms with van der Waals surface area (Å²) in [6.45, 7) is 2.44. The third kappa shape index (κ3) is 2.01. The number of anilines is 1. The molecule has 0 saturated carbocycles. The highest BCUT2D eigenvalue weighted by Gasteiger charge is 2.02. The first-order chi connectivity index (χ1) is 5.24. The van der Waals surface area contributed by atoms with E-state index in [0.717, 1.165) is 6.20 Å². The van der Waals surface area contributed by atoms with Crippen LogP contribution in [0.5, 0.6) is 0 Å². The molecule has 0 spiro atoms. The number of rotatable bonds is 2. The molecule has 0 aromatic carbocycles. The van der Waals surface area contributed by atoms with Crippen LogP contribution in [0.15, 0.2) is 6.20 Å². The Bertz CT molecular complexity index is 254. The highest BCUT2D eigenvalue weighted by atomic mass is 35.5. The maximum absolute atomic E-state index is 12.7. The molecule has 0 aliphatic carbocycles. The molecule has 5 heteroatoms. The Kier molecular flexibility index (Phi) is 2.59. The van der Waals surface area contributed by atoms with Gasteiger partial charge in [-0.25, -0.2) is 9.37 Å². The minimum atomic E-state index is -0.490. The summed E-state index contributed by atoms with van der Waals surface area (Å²) >= 11 is 5.42. The van der Waals surface area contributed by atoms with Gasteiger partial charge in [0.15, 0.2) is 11.6 Å². The molecule has 1 aromatic heterocycles. The lowest BCUT2D eigenvalue weighted by atomic mass is 10.5. The third-order valence-electron chi connectivity index (χ3n) is 1.06. The molecule has 0 bridgehead atoms. The van der Waals surface area contributed by atoms with Crippen molar-refractivity contribution in [2.45, 2.75) is 6.92 Å². The second-order valence-corrected chi connectivity index (χ2v) is 2.20. The SMILES string of the molecule is CCNc1nc(Cl)ncc1F. The van der Waals surface area contributed by atoms with Crippen LogP contribution in [0, 0.1) is 5.82 Å². The lowest BCUT2D eigenvalue weighted by Gasteiger charge is -2.01. The minimum Gasteiger partial charge on any atom is -0.368 e. The Morgan fingerprint density at radius 1 is 1.73 bits per heavy atom. The number of halogens is 2. The molecule has 11 heavy (non-hydrogen) atoms. The van der Waals surface area contributed by atoms with Crippen molar-refractivity contribution in [3.63, 3.8) is 0 Å². The van der Waals surface area contributed by atoms with Crippen LogP contribution in [0.3, 0.4) is 0 Å². The Labute approximate surface area is 68.6 Å². The first-order valence-corrected chi connectivity index (χ1v) is 3.53. The second-order valence-electron chi connectivity index (χ2n) is 1.87. The summed E-state index contributed by atoms with van der Waals surface area (Å²) in [5, 5.41) is 2.75. The summed E-state index contributed by atoms with van der Waals surface area (Å²) in [5.74, 6) is -0.344. The van der Waals surface area contributed by atoms with Gasteiger partial charge in [-0.15, -0.1) is 0 Å². The maximum atomic E-state index is 12.7. The van der Waals surface area contributed by atoms with Gasteiger partial charge < -0.3 is 5.32 Å². The first kappa shape index (κ1) is 8.20. The predicted molar refractivity (Wildman–Crippen MR) is 41.2 cm³/mol. The van der Waals surface area contributed by atoms with Crippen molar-refractivity contribution in [1.29, 1.82) is 0 Å². The summed E-state index contributed by atoms with van der Waals surface area (Å²) in [6.07, 6.45) is 1.04. The zero-order chi connectivity index (χ0) is 8.27. The van der Waals surface area contributed by atoms with Gasteiger partial charge in [-0.1, -0.05) is 0 Å². The van der Waals surface area contributed by atoms with E-state index in [1.807, 2.05) is 6.92 Å². The zero-order valence-corrected chi connectivity index (χ0v) is 6.69. The van der Waals surface area contributed by atoms with Gasteiger partial charge in [0, 0.05) is 6.54 Å². The molecule has 0 aliphatic heterocycles. The maximum Gasteiger partial charge on any atom is 0.224 e. The standard InChI is InChI=1S/C6H7ClFN3/c1-2-9-5-4(8)3-10-6(7)11-5/h3H,2H2,1H3,(H,9,10,11). The smallest absolute Gasteiger partial charge is 0.224 e. The molecule has 0 saturated heterocycles. The van der Waals surface area contributed by atoms with Crippen molar-refractivity contribution in [3.8, 4) is 0 Å². The quantitative estimate of drug-likeness (QED) is 0.696. The van der Waals surface area contributed by atoms with Crippen LogP contribution in [0.2, 0.25) is 5.28 Å². The van der Waals surface area contributed by atoms with E-state index in [4.69, 9.17) is 11.6 Å². The van der Waals surface area contributed by atoms with Gasteiger partial charge in [-0.3, -0.25) is 0 Å². The highest BCUT2D eigenvalue weighted by Crippen LogP contribution is 2.10. The average molecular weight is 176 g/mol. The van der Waals surface area contributed by atoms with Crippen LogP contribution in [0.1, 0.15) is 6.92 Å². The molecular weight excluding hydrogens is 169 g/mol. The van der Waals surface area contributed by atoms with Gasteiger partial charge in [0.25, 0.3) is 0 Å². The minimum absolute atomic E-state index is 0.0438. The van der Waals surface area contributed by atoms with Crippen LogP contribution < -0.4 is 5.32 Å². The van der Waals surface area contributed by atoms with Crippen molar-refractivity contribution < 1.29 is 4.39 Å². The van der Waals surface area contributed by atoms with E-state index >= 15 is 0 Å². The Morgan fingerprint density at radius 3 is 3.09 bits per heavy atom. The summed E-state index contributed by atoms with van der Waals surface area (Å²) in [7, 11) is 0. The highest BCUT2D eigenvalue weighted by molar-refractivity contribution is 6.28. The molecule has 0 radical (unpaired) electrons. The number of aromatic nitrogens is 2. The number of hydrogen-bond donors (Lipinski definition) is 1. The Balaban J connectivity index is 2.93. The van der Waals surface area contributed by atoms with Crippen LogP contribution in [-0.4, -0.2) is 16.5 Å². The molecule has 0 atom stereocenters. The Morgan fingerprint density at radius 2 is 2.45 bits per heavy atom. The molecule has 3 nitrogen and oxygen atoms in total. The molecule has 60 valence electrons. The molecular formula is C6H7ClFN3. The largest absolute Gasteiger partial charge is 0.368 e. The third-order valence-corrected chi connectivity index (χ3v) is 1.24. The average Bonchev–Trinajstić information content (AvgIpc) is 1.98. The zero-order valence-electron chi connectivity index (χ0n) is 5.93. The fourth-order valence-corrected chi connectivity index (χ4v) is 0.770. The van der Waals surface area contributed by atoms with Gasteiger partial charge >= 0.3 is 0 Å². The van der Waals surface area contributed by atoms with E-state index in [1.54, 1.807) is 0 Å².